The summed E-state index contributed by atoms with van der Waals surface area (Å²) in [6.45, 7) is 2.76. The zero-order chi connectivity index (χ0) is 19.3. The van der Waals surface area contributed by atoms with Gasteiger partial charge in [0.1, 0.15) is 5.69 Å². The Bertz CT molecular complexity index is 902. The van der Waals surface area contributed by atoms with Crippen molar-refractivity contribution < 1.29 is 14.1 Å². The molecule has 4 rings (SSSR count). The number of para-hydroxylation sites is 1. The predicted molar refractivity (Wildman–Crippen MR) is 109 cm³/mol. The first-order chi connectivity index (χ1) is 13.8. The first kappa shape index (κ1) is 18.8. The maximum Gasteiger partial charge on any atom is 0.270 e. The zero-order valence-electron chi connectivity index (χ0n) is 15.9. The number of hydrogen-bond donors (Lipinski definition) is 2. The van der Waals surface area contributed by atoms with E-state index in [1.165, 1.54) is 29.5 Å². The Kier molecular flexibility index (Phi) is 5.83. The van der Waals surface area contributed by atoms with Crippen LogP contribution in [-0.4, -0.2) is 41.3 Å². The summed E-state index contributed by atoms with van der Waals surface area (Å²) in [5, 5.41) is 3.92. The molecule has 146 valence electrons. The Labute approximate surface area is 168 Å². The van der Waals surface area contributed by atoms with Gasteiger partial charge in [-0.1, -0.05) is 30.0 Å². The summed E-state index contributed by atoms with van der Waals surface area (Å²) in [6.07, 6.45) is 7.76. The topological polar surface area (TPSA) is 64.5 Å². The fourth-order valence-electron chi connectivity index (χ4n) is 3.86. The van der Waals surface area contributed by atoms with Gasteiger partial charge in [0.15, 0.2) is 17.0 Å². The number of quaternary nitrogens is 1. The number of nitrogens with zero attached hydrogens (tertiary/aromatic N) is 2. The van der Waals surface area contributed by atoms with Crippen molar-refractivity contribution in [2.75, 3.05) is 25.9 Å². The average molecular weight is 398 g/mol. The highest BCUT2D eigenvalue weighted by Crippen LogP contribution is 2.21. The van der Waals surface area contributed by atoms with Gasteiger partial charge in [0.2, 0.25) is 0 Å². The summed E-state index contributed by atoms with van der Waals surface area (Å²) < 4.78 is 7.57. The largest absolute Gasteiger partial charge is 0.463 e. The number of nitrogens with one attached hydrogen (secondary N) is 2. The van der Waals surface area contributed by atoms with E-state index in [1.807, 2.05) is 53.3 Å². The highest BCUT2D eigenvalue weighted by atomic mass is 32.2. The molecule has 1 aliphatic rings. The normalized spacial score (nSPS) is 15.6. The average Bonchev–Trinajstić information content (AvgIpc) is 3.49. The molecule has 1 aromatic carbocycles. The van der Waals surface area contributed by atoms with Crippen LogP contribution in [0.15, 0.2) is 64.5 Å². The summed E-state index contributed by atoms with van der Waals surface area (Å²) in [6, 6.07) is 13.9. The summed E-state index contributed by atoms with van der Waals surface area (Å²) >= 11 is 1.52. The van der Waals surface area contributed by atoms with E-state index in [0.717, 1.165) is 29.7 Å². The molecule has 1 saturated heterocycles. The van der Waals surface area contributed by atoms with Gasteiger partial charge in [-0.2, -0.15) is 0 Å². The second-order valence-electron chi connectivity index (χ2n) is 6.94. The van der Waals surface area contributed by atoms with E-state index in [9.17, 15) is 4.79 Å². The van der Waals surface area contributed by atoms with Crippen molar-refractivity contribution in [3.05, 3.63) is 66.4 Å². The molecule has 0 spiro atoms. The Morgan fingerprint density at radius 3 is 2.71 bits per heavy atom. The molecule has 0 unspecified atom stereocenters. The van der Waals surface area contributed by atoms with Crippen LogP contribution in [0.5, 0.6) is 0 Å². The van der Waals surface area contributed by atoms with Crippen LogP contribution in [-0.2, 0) is 0 Å². The second-order valence-corrected chi connectivity index (χ2v) is 7.72. The molecule has 2 aromatic heterocycles. The number of benzene rings is 1. The van der Waals surface area contributed by atoms with E-state index >= 15 is 0 Å². The molecule has 1 amide bonds. The molecule has 3 aromatic rings. The first-order valence-electron chi connectivity index (χ1n) is 9.61. The lowest BCUT2D eigenvalue weighted by molar-refractivity contribution is -0.919. The van der Waals surface area contributed by atoms with Crippen molar-refractivity contribution in [2.24, 2.45) is 0 Å². The minimum absolute atomic E-state index is 0.119. The van der Waals surface area contributed by atoms with Crippen LogP contribution in [0.4, 0.5) is 0 Å². The van der Waals surface area contributed by atoms with Gasteiger partial charge in [0, 0.05) is 18.5 Å². The van der Waals surface area contributed by atoms with Crippen LogP contribution in [0.2, 0.25) is 0 Å². The maximum absolute atomic E-state index is 13.0. The van der Waals surface area contributed by atoms with Crippen LogP contribution in [0.1, 0.15) is 35.1 Å². The fraction of sp³-hybridized carbons (Fsp3) is 0.333. The van der Waals surface area contributed by atoms with Crippen LogP contribution in [0.3, 0.4) is 0 Å². The second kappa shape index (κ2) is 8.67. The maximum atomic E-state index is 13.0. The quantitative estimate of drug-likeness (QED) is 0.601. The third-order valence-electron chi connectivity index (χ3n) is 5.25. The molecule has 0 aliphatic carbocycles. The Morgan fingerprint density at radius 1 is 1.25 bits per heavy atom. The van der Waals surface area contributed by atoms with Crippen molar-refractivity contribution >= 4 is 17.7 Å². The van der Waals surface area contributed by atoms with E-state index < -0.39 is 0 Å². The van der Waals surface area contributed by atoms with Gasteiger partial charge in [-0.15, -0.1) is 0 Å². The Balaban J connectivity index is 1.54. The number of furan rings is 1. The third-order valence-corrected chi connectivity index (χ3v) is 5.90. The lowest BCUT2D eigenvalue weighted by Crippen LogP contribution is -3.11. The molecule has 3 heterocycles. The number of amides is 1. The van der Waals surface area contributed by atoms with E-state index in [2.05, 4.69) is 10.3 Å². The van der Waals surface area contributed by atoms with Gasteiger partial charge in [-0.25, -0.2) is 4.98 Å². The van der Waals surface area contributed by atoms with Crippen molar-refractivity contribution in [3.8, 4) is 5.69 Å². The molecule has 0 bridgehead atoms. The van der Waals surface area contributed by atoms with Gasteiger partial charge in [0.25, 0.3) is 5.91 Å². The number of imidazole rings is 1. The van der Waals surface area contributed by atoms with E-state index in [4.69, 9.17) is 4.42 Å². The van der Waals surface area contributed by atoms with E-state index in [0.29, 0.717) is 12.2 Å². The minimum Gasteiger partial charge on any atom is -0.463 e. The van der Waals surface area contributed by atoms with Crippen LogP contribution in [0, 0.1) is 0 Å². The molecule has 0 saturated carbocycles. The molecular formula is C21H25N4O2S+. The predicted octanol–water partition coefficient (Wildman–Crippen LogP) is 2.34. The Hall–Kier alpha value is -2.51. The molecule has 1 aliphatic heterocycles. The van der Waals surface area contributed by atoms with Gasteiger partial charge in [-0.3, -0.25) is 9.36 Å². The lowest BCUT2D eigenvalue weighted by atomic mass is 10.2. The highest BCUT2D eigenvalue weighted by Gasteiger charge is 2.30. The van der Waals surface area contributed by atoms with Crippen molar-refractivity contribution in [2.45, 2.75) is 24.0 Å². The molecule has 1 fully saturated rings. The number of rotatable bonds is 7. The molecule has 2 N–H and O–H groups in total. The van der Waals surface area contributed by atoms with Crippen LogP contribution in [0.25, 0.3) is 5.69 Å². The number of carbonyl (C=O) groups excluding carboxylic acids is 1. The third kappa shape index (κ3) is 3.86. The molecule has 0 radical (unpaired) electrons. The smallest absolute Gasteiger partial charge is 0.270 e. The molecule has 1 atom stereocenters. The first-order valence-corrected chi connectivity index (χ1v) is 10.8. The molecular weight excluding hydrogens is 372 g/mol. The lowest BCUT2D eigenvalue weighted by Gasteiger charge is -2.23. The molecule has 6 nitrogen and oxygen atoms in total. The van der Waals surface area contributed by atoms with Crippen molar-refractivity contribution in [3.63, 3.8) is 0 Å². The number of likely N-dealkylation sites (tertiary alicyclic amines) is 1. The monoisotopic (exact) mass is 397 g/mol. The SMILES string of the molecule is CSc1ncc(C(=O)NC[C@@H](c2ccco2)[NH+]2CCCC2)n1-c1ccccc1. The van der Waals surface area contributed by atoms with Gasteiger partial charge in [-0.05, 0) is 30.5 Å². The zero-order valence-corrected chi connectivity index (χ0v) is 16.7. The van der Waals surface area contributed by atoms with Crippen molar-refractivity contribution in [1.29, 1.82) is 0 Å². The van der Waals surface area contributed by atoms with Gasteiger partial charge < -0.3 is 14.6 Å². The number of thioether (sulfide) groups is 1. The van der Waals surface area contributed by atoms with E-state index in [1.54, 1.807) is 12.5 Å². The number of carbonyl (C=O) groups is 1. The van der Waals surface area contributed by atoms with Crippen LogP contribution >= 0.6 is 11.8 Å². The standard InChI is InChI=1S/C21H24N4O2S/c1-28-21-23-15-18(25(21)16-8-3-2-4-9-16)20(26)22-14-17(19-10-7-13-27-19)24-11-5-6-12-24/h2-4,7-10,13,15,17H,5-6,11-12,14H2,1H3,(H,22,26)/p+1/t17-/m0/s1. The Morgan fingerprint density at radius 2 is 2.04 bits per heavy atom. The highest BCUT2D eigenvalue weighted by molar-refractivity contribution is 7.98. The molecule has 28 heavy (non-hydrogen) atoms. The minimum atomic E-state index is -0.119. The van der Waals surface area contributed by atoms with Crippen LogP contribution < -0.4 is 10.2 Å². The summed E-state index contributed by atoms with van der Waals surface area (Å²) in [5.41, 5.74) is 1.48. The summed E-state index contributed by atoms with van der Waals surface area (Å²) in [5.74, 6) is 0.811. The summed E-state index contributed by atoms with van der Waals surface area (Å²) in [4.78, 5) is 18.9. The number of aromatic nitrogens is 2. The molecule has 7 heteroatoms. The van der Waals surface area contributed by atoms with Gasteiger partial charge in [0.05, 0.1) is 32.1 Å². The number of hydrogen-bond acceptors (Lipinski definition) is 4. The summed E-state index contributed by atoms with van der Waals surface area (Å²) in [7, 11) is 0. The van der Waals surface area contributed by atoms with Crippen molar-refractivity contribution in [1.82, 2.24) is 14.9 Å². The fourth-order valence-corrected chi connectivity index (χ4v) is 4.41. The van der Waals surface area contributed by atoms with Gasteiger partial charge >= 0.3 is 0 Å². The van der Waals surface area contributed by atoms with E-state index in [-0.39, 0.29) is 11.9 Å².